The highest BCUT2D eigenvalue weighted by Crippen LogP contribution is 2.64. The Morgan fingerprint density at radius 1 is 0.391 bits per heavy atom. The number of aromatic nitrogens is 1. The van der Waals surface area contributed by atoms with E-state index < -0.39 is 5.41 Å². The van der Waals surface area contributed by atoms with Crippen LogP contribution in [-0.4, -0.2) is 4.57 Å². The van der Waals surface area contributed by atoms with E-state index in [-0.39, 0.29) is 0 Å². The first-order valence-corrected chi connectivity index (χ1v) is 22.9. The van der Waals surface area contributed by atoms with Gasteiger partial charge in [0.25, 0.3) is 0 Å². The van der Waals surface area contributed by atoms with Crippen LogP contribution in [-0.2, 0) is 5.41 Å². The largest absolute Gasteiger partial charge is 0.310 e. The molecular formula is C61H38N2S. The lowest BCUT2D eigenvalue weighted by Crippen LogP contribution is -2.26. The van der Waals surface area contributed by atoms with Crippen molar-refractivity contribution in [1.82, 2.24) is 4.57 Å². The molecule has 0 atom stereocenters. The van der Waals surface area contributed by atoms with Crippen LogP contribution in [0.2, 0.25) is 0 Å². The van der Waals surface area contributed by atoms with Gasteiger partial charge in [-0.2, -0.15) is 0 Å². The quantitative estimate of drug-likeness (QED) is 0.168. The van der Waals surface area contributed by atoms with E-state index in [9.17, 15) is 0 Å². The van der Waals surface area contributed by atoms with E-state index in [0.717, 1.165) is 22.7 Å². The molecule has 3 heteroatoms. The van der Waals surface area contributed by atoms with Crippen LogP contribution in [0.4, 0.5) is 17.1 Å². The lowest BCUT2D eigenvalue weighted by Gasteiger charge is -2.32. The topological polar surface area (TPSA) is 8.17 Å². The molecule has 0 unspecified atom stereocenters. The first-order valence-electron chi connectivity index (χ1n) is 22.1. The van der Waals surface area contributed by atoms with Crippen molar-refractivity contribution >= 4 is 70.4 Å². The molecule has 2 nitrogen and oxygen atoms in total. The van der Waals surface area contributed by atoms with E-state index >= 15 is 0 Å². The first kappa shape index (κ1) is 35.6. The van der Waals surface area contributed by atoms with Crippen LogP contribution in [0.25, 0.3) is 81.0 Å². The molecule has 64 heavy (non-hydrogen) atoms. The summed E-state index contributed by atoms with van der Waals surface area (Å²) in [5.74, 6) is 0. The Kier molecular flexibility index (Phi) is 7.51. The van der Waals surface area contributed by atoms with Crippen molar-refractivity contribution < 1.29 is 0 Å². The normalized spacial score (nSPS) is 13.1. The molecule has 2 aliphatic rings. The fourth-order valence-electron chi connectivity index (χ4n) is 11.4. The molecular weight excluding hydrogens is 793 g/mol. The van der Waals surface area contributed by atoms with Gasteiger partial charge in [0.2, 0.25) is 0 Å². The second-order valence-corrected chi connectivity index (χ2v) is 18.2. The lowest BCUT2D eigenvalue weighted by atomic mass is 9.70. The average molecular weight is 831 g/mol. The summed E-state index contributed by atoms with van der Waals surface area (Å²) in [6.45, 7) is 0. The third-order valence-corrected chi connectivity index (χ3v) is 15.2. The number of thiophene rings is 1. The van der Waals surface area contributed by atoms with E-state index in [1.807, 2.05) is 11.3 Å². The molecule has 14 rings (SSSR count). The number of fused-ring (bicyclic) bond motifs is 17. The van der Waals surface area contributed by atoms with Gasteiger partial charge in [-0.05, 0) is 111 Å². The number of hydrogen-bond acceptors (Lipinski definition) is 2. The van der Waals surface area contributed by atoms with Gasteiger partial charge >= 0.3 is 0 Å². The number of hydrogen-bond donors (Lipinski definition) is 0. The summed E-state index contributed by atoms with van der Waals surface area (Å²) in [6, 6.07) is 85.7. The molecule has 0 amide bonds. The minimum absolute atomic E-state index is 0.447. The zero-order valence-electron chi connectivity index (χ0n) is 34.7. The van der Waals surface area contributed by atoms with Gasteiger partial charge in [-0.1, -0.05) is 170 Å². The summed E-state index contributed by atoms with van der Waals surface area (Å²) in [4.78, 5) is 2.52. The maximum absolute atomic E-state index is 2.52. The maximum atomic E-state index is 2.52. The maximum Gasteiger partial charge on any atom is 0.0726 e. The van der Waals surface area contributed by atoms with Crippen LogP contribution in [0.1, 0.15) is 22.3 Å². The van der Waals surface area contributed by atoms with E-state index in [0.29, 0.717) is 0 Å². The number of benzene rings is 10. The van der Waals surface area contributed by atoms with Gasteiger partial charge in [-0.15, -0.1) is 11.3 Å². The molecule has 10 aromatic carbocycles. The van der Waals surface area contributed by atoms with Crippen LogP contribution in [0.3, 0.4) is 0 Å². The van der Waals surface area contributed by atoms with Crippen LogP contribution in [0.15, 0.2) is 231 Å². The smallest absolute Gasteiger partial charge is 0.0726 e. The first-order chi connectivity index (χ1) is 31.8. The Labute approximate surface area is 375 Å². The molecule has 1 spiro atoms. The number of nitrogens with zero attached hydrogens (tertiary/aromatic N) is 2. The van der Waals surface area contributed by atoms with Crippen molar-refractivity contribution in [1.29, 1.82) is 0 Å². The highest BCUT2D eigenvalue weighted by atomic mass is 32.1. The summed E-state index contributed by atoms with van der Waals surface area (Å²) in [7, 11) is 0. The Balaban J connectivity index is 1.07. The summed E-state index contributed by atoms with van der Waals surface area (Å²) in [5.41, 5.74) is 19.4. The molecule has 0 radical (unpaired) electrons. The number of anilines is 3. The van der Waals surface area contributed by atoms with Crippen LogP contribution < -0.4 is 4.90 Å². The average Bonchev–Trinajstić information content (AvgIpc) is 4.09. The third kappa shape index (κ3) is 4.79. The van der Waals surface area contributed by atoms with Gasteiger partial charge in [0.15, 0.2) is 0 Å². The van der Waals surface area contributed by atoms with E-state index in [1.54, 1.807) is 0 Å². The fourth-order valence-corrected chi connectivity index (χ4v) is 12.7. The zero-order valence-corrected chi connectivity index (χ0v) is 35.6. The second kappa shape index (κ2) is 13.5. The molecule has 0 fully saturated rings. The molecule has 12 aromatic rings. The molecule has 2 aromatic heterocycles. The van der Waals surface area contributed by atoms with Crippen molar-refractivity contribution in [2.75, 3.05) is 4.90 Å². The summed E-state index contributed by atoms with van der Waals surface area (Å²) < 4.78 is 5.08. The van der Waals surface area contributed by atoms with Crippen molar-refractivity contribution in [3.05, 3.63) is 253 Å². The van der Waals surface area contributed by atoms with Crippen molar-refractivity contribution in [3.8, 4) is 39.1 Å². The van der Waals surface area contributed by atoms with E-state index in [4.69, 9.17) is 0 Å². The highest BCUT2D eigenvalue weighted by molar-refractivity contribution is 7.26. The molecule has 298 valence electrons. The summed E-state index contributed by atoms with van der Waals surface area (Å²) in [6.07, 6.45) is 0. The Bertz CT molecular complexity index is 3790. The van der Waals surface area contributed by atoms with Crippen molar-refractivity contribution in [2.45, 2.75) is 5.41 Å². The Morgan fingerprint density at radius 2 is 0.969 bits per heavy atom. The minimum atomic E-state index is -0.447. The number of rotatable bonds is 5. The molecule has 2 heterocycles. The van der Waals surface area contributed by atoms with Gasteiger partial charge in [-0.3, -0.25) is 0 Å². The Hall–Kier alpha value is -7.98. The van der Waals surface area contributed by atoms with Crippen molar-refractivity contribution in [2.24, 2.45) is 0 Å². The van der Waals surface area contributed by atoms with Gasteiger partial charge in [0.05, 0.1) is 22.1 Å². The third-order valence-electron chi connectivity index (χ3n) is 14.0. The lowest BCUT2D eigenvalue weighted by molar-refractivity contribution is 0.794. The molecule has 0 aliphatic heterocycles. The predicted octanol–water partition coefficient (Wildman–Crippen LogP) is 16.6. The SMILES string of the molecule is c1ccc(-c2ccc(N(c3ccc4c(c3)c3c5sc6ccccc6c5ccc3n4-c3ccccc3)c3cccc4c3-c3ccccc3C43c4ccccc4-c4ccccc43)cc2)cc1. The highest BCUT2D eigenvalue weighted by Gasteiger charge is 2.52. The molecule has 0 saturated carbocycles. The molecule has 0 N–H and O–H groups in total. The Morgan fingerprint density at radius 3 is 1.72 bits per heavy atom. The van der Waals surface area contributed by atoms with E-state index in [2.05, 4.69) is 240 Å². The van der Waals surface area contributed by atoms with Crippen LogP contribution >= 0.6 is 11.3 Å². The van der Waals surface area contributed by atoms with Gasteiger partial charge in [-0.25, -0.2) is 0 Å². The van der Waals surface area contributed by atoms with Crippen LogP contribution in [0.5, 0.6) is 0 Å². The number of para-hydroxylation sites is 1. The zero-order chi connectivity index (χ0) is 41.9. The predicted molar refractivity (Wildman–Crippen MR) is 270 cm³/mol. The summed E-state index contributed by atoms with van der Waals surface area (Å²) in [5, 5.41) is 5.14. The van der Waals surface area contributed by atoms with Gasteiger partial charge in [0.1, 0.15) is 0 Å². The van der Waals surface area contributed by atoms with E-state index in [1.165, 1.54) is 97.6 Å². The van der Waals surface area contributed by atoms with Gasteiger partial charge in [0, 0.05) is 53.6 Å². The second-order valence-electron chi connectivity index (χ2n) is 17.1. The fraction of sp³-hybridized carbons (Fsp3) is 0.0164. The van der Waals surface area contributed by atoms with Gasteiger partial charge < -0.3 is 9.47 Å². The standard InChI is InChI=1S/C61H38N2S/c1-3-16-39(17-4-1)40-30-32-42(33-31-40)62(55-28-15-27-53-58(55)48-23-9-13-26-52(48)61(53)50-24-11-7-20-44(50)45-21-8-12-25-51(45)61)43-34-36-54-49(38-43)59-56(63(54)41-18-5-2-6-19-41)37-35-47-46-22-10-14-29-57(46)64-60(47)59/h1-38H. The minimum Gasteiger partial charge on any atom is -0.310 e. The monoisotopic (exact) mass is 830 g/mol. The molecule has 0 bridgehead atoms. The molecule has 0 saturated heterocycles. The molecule has 2 aliphatic carbocycles. The summed E-state index contributed by atoms with van der Waals surface area (Å²) >= 11 is 1.90. The van der Waals surface area contributed by atoms with Crippen LogP contribution in [0, 0.1) is 0 Å². The van der Waals surface area contributed by atoms with Crippen molar-refractivity contribution in [3.63, 3.8) is 0 Å².